The molecule has 0 atom stereocenters. The average molecular weight is 248 g/mol. The first-order valence-electron chi connectivity index (χ1n) is 5.58. The summed E-state index contributed by atoms with van der Waals surface area (Å²) < 4.78 is 4.77. The van der Waals surface area contributed by atoms with E-state index in [-0.39, 0.29) is 22.8 Å². The minimum Gasteiger partial charge on any atom is -0.504 e. The van der Waals surface area contributed by atoms with Crippen molar-refractivity contribution in [1.82, 2.24) is 5.16 Å². The van der Waals surface area contributed by atoms with Crippen molar-refractivity contribution in [2.45, 2.75) is 26.2 Å². The van der Waals surface area contributed by atoms with E-state index in [1.54, 1.807) is 12.1 Å². The smallest absolute Gasteiger partial charge is 0.222 e. The second-order valence-electron chi connectivity index (χ2n) is 5.26. The maximum Gasteiger partial charge on any atom is 0.222 e. The summed E-state index contributed by atoms with van der Waals surface area (Å²) >= 11 is 0. The van der Waals surface area contributed by atoms with Gasteiger partial charge in [0.1, 0.15) is 5.69 Å². The molecule has 5 nitrogen and oxygen atoms in total. The standard InChI is InChI=1S/C13H16N2O3/c1-13(2,3)7-4-8(12(17)10(16)5-7)9-6-11(14)18-15-9/h4-6,16-17H,14H2,1-3H3. The number of nitrogen functional groups attached to an aromatic ring is 1. The third kappa shape index (κ3) is 2.11. The van der Waals surface area contributed by atoms with Crippen LogP contribution >= 0.6 is 0 Å². The third-order valence-electron chi connectivity index (χ3n) is 2.76. The molecule has 0 aliphatic heterocycles. The summed E-state index contributed by atoms with van der Waals surface area (Å²) in [4.78, 5) is 0. The first-order valence-corrected chi connectivity index (χ1v) is 5.58. The topological polar surface area (TPSA) is 92.5 Å². The van der Waals surface area contributed by atoms with Gasteiger partial charge in [-0.05, 0) is 23.1 Å². The number of benzene rings is 1. The monoisotopic (exact) mass is 248 g/mol. The second-order valence-corrected chi connectivity index (χ2v) is 5.26. The lowest BCUT2D eigenvalue weighted by atomic mass is 9.85. The molecule has 1 heterocycles. The Labute approximate surface area is 105 Å². The molecule has 0 fully saturated rings. The SMILES string of the molecule is CC(C)(C)c1cc(O)c(O)c(-c2cc(N)on2)c1. The van der Waals surface area contributed by atoms with Crippen molar-refractivity contribution in [2.75, 3.05) is 5.73 Å². The predicted octanol–water partition coefficient (Wildman–Crippen LogP) is 2.63. The van der Waals surface area contributed by atoms with Crippen LogP contribution in [0.1, 0.15) is 26.3 Å². The van der Waals surface area contributed by atoms with Crippen LogP contribution in [0.25, 0.3) is 11.3 Å². The van der Waals surface area contributed by atoms with Crippen LogP contribution in [0, 0.1) is 0 Å². The van der Waals surface area contributed by atoms with Crippen LogP contribution in [0.2, 0.25) is 0 Å². The van der Waals surface area contributed by atoms with Crippen LogP contribution in [0.3, 0.4) is 0 Å². The maximum atomic E-state index is 9.88. The third-order valence-corrected chi connectivity index (χ3v) is 2.76. The van der Waals surface area contributed by atoms with Crippen molar-refractivity contribution in [3.8, 4) is 22.8 Å². The van der Waals surface area contributed by atoms with Gasteiger partial charge >= 0.3 is 0 Å². The average Bonchev–Trinajstić information content (AvgIpc) is 2.67. The van der Waals surface area contributed by atoms with E-state index in [1.165, 1.54) is 6.07 Å². The summed E-state index contributed by atoms with van der Waals surface area (Å²) in [6.07, 6.45) is 0. The zero-order valence-corrected chi connectivity index (χ0v) is 10.6. The highest BCUT2D eigenvalue weighted by molar-refractivity contribution is 5.72. The van der Waals surface area contributed by atoms with E-state index in [0.29, 0.717) is 11.3 Å². The Balaban J connectivity index is 2.63. The maximum absolute atomic E-state index is 9.88. The number of hydrogen-bond acceptors (Lipinski definition) is 5. The van der Waals surface area contributed by atoms with Gasteiger partial charge in [0.05, 0.1) is 0 Å². The summed E-state index contributed by atoms with van der Waals surface area (Å²) in [6.45, 7) is 6.04. The van der Waals surface area contributed by atoms with E-state index >= 15 is 0 Å². The van der Waals surface area contributed by atoms with E-state index in [1.807, 2.05) is 20.8 Å². The van der Waals surface area contributed by atoms with Gasteiger partial charge in [-0.3, -0.25) is 0 Å². The van der Waals surface area contributed by atoms with Crippen LogP contribution in [0.4, 0.5) is 5.88 Å². The molecular formula is C13H16N2O3. The number of anilines is 1. The van der Waals surface area contributed by atoms with Gasteiger partial charge in [0.2, 0.25) is 5.88 Å². The highest BCUT2D eigenvalue weighted by atomic mass is 16.5. The van der Waals surface area contributed by atoms with Crippen LogP contribution in [-0.2, 0) is 5.41 Å². The van der Waals surface area contributed by atoms with E-state index in [4.69, 9.17) is 10.3 Å². The van der Waals surface area contributed by atoms with Crippen LogP contribution in [0.5, 0.6) is 11.5 Å². The van der Waals surface area contributed by atoms with E-state index < -0.39 is 0 Å². The molecule has 1 aromatic carbocycles. The fraction of sp³-hybridized carbons (Fsp3) is 0.308. The molecule has 96 valence electrons. The Morgan fingerprint density at radius 3 is 2.33 bits per heavy atom. The van der Waals surface area contributed by atoms with E-state index in [2.05, 4.69) is 5.16 Å². The first-order chi connectivity index (χ1) is 8.29. The first kappa shape index (κ1) is 12.3. The van der Waals surface area contributed by atoms with Crippen LogP contribution in [-0.4, -0.2) is 15.4 Å². The lowest BCUT2D eigenvalue weighted by Crippen LogP contribution is -2.11. The largest absolute Gasteiger partial charge is 0.504 e. The fourth-order valence-corrected chi connectivity index (χ4v) is 1.66. The molecule has 2 rings (SSSR count). The predicted molar refractivity (Wildman–Crippen MR) is 68.4 cm³/mol. The minimum atomic E-state index is -0.226. The summed E-state index contributed by atoms with van der Waals surface area (Å²) in [6, 6.07) is 4.82. The van der Waals surface area contributed by atoms with Crippen molar-refractivity contribution < 1.29 is 14.7 Å². The second kappa shape index (κ2) is 3.94. The molecule has 0 spiro atoms. The highest BCUT2D eigenvalue weighted by Crippen LogP contribution is 2.40. The molecule has 0 unspecified atom stereocenters. The van der Waals surface area contributed by atoms with Crippen molar-refractivity contribution in [2.24, 2.45) is 0 Å². The molecule has 4 N–H and O–H groups in total. The molecule has 0 radical (unpaired) electrons. The number of hydrogen-bond donors (Lipinski definition) is 3. The number of nitrogens with zero attached hydrogens (tertiary/aromatic N) is 1. The summed E-state index contributed by atoms with van der Waals surface area (Å²) in [5, 5.41) is 23.4. The van der Waals surface area contributed by atoms with E-state index in [9.17, 15) is 10.2 Å². The molecule has 0 aliphatic rings. The summed E-state index contributed by atoms with van der Waals surface area (Å²) in [5.41, 5.74) is 6.98. The molecule has 2 aromatic rings. The molecule has 0 aliphatic carbocycles. The number of aromatic hydroxyl groups is 2. The molecule has 0 bridgehead atoms. The van der Waals surface area contributed by atoms with Crippen LogP contribution in [0.15, 0.2) is 22.7 Å². The number of aromatic nitrogens is 1. The van der Waals surface area contributed by atoms with Gasteiger partial charge < -0.3 is 20.5 Å². The van der Waals surface area contributed by atoms with Gasteiger partial charge in [0, 0.05) is 11.6 Å². The number of phenolic OH excluding ortho intramolecular Hbond substituents is 2. The van der Waals surface area contributed by atoms with E-state index in [0.717, 1.165) is 5.56 Å². The molecule has 5 heteroatoms. The molecule has 0 amide bonds. The Kier molecular flexibility index (Phi) is 2.69. The molecule has 1 aromatic heterocycles. The number of phenols is 2. The molecule has 0 saturated heterocycles. The Hall–Kier alpha value is -2.17. The zero-order chi connectivity index (χ0) is 13.5. The fourth-order valence-electron chi connectivity index (χ4n) is 1.66. The van der Waals surface area contributed by atoms with Gasteiger partial charge in [0.15, 0.2) is 11.5 Å². The molecule has 0 saturated carbocycles. The van der Waals surface area contributed by atoms with Gasteiger partial charge in [-0.1, -0.05) is 25.9 Å². The normalized spacial score (nSPS) is 11.7. The minimum absolute atomic E-state index is 0.157. The molecule has 18 heavy (non-hydrogen) atoms. The van der Waals surface area contributed by atoms with Crippen molar-refractivity contribution in [3.63, 3.8) is 0 Å². The van der Waals surface area contributed by atoms with Crippen molar-refractivity contribution in [3.05, 3.63) is 23.8 Å². The molecular weight excluding hydrogens is 232 g/mol. The lowest BCUT2D eigenvalue weighted by molar-refractivity contribution is 0.401. The quantitative estimate of drug-likeness (QED) is 0.674. The van der Waals surface area contributed by atoms with Crippen LogP contribution < -0.4 is 5.73 Å². The summed E-state index contributed by atoms with van der Waals surface area (Å²) in [5.74, 6) is -0.250. The van der Waals surface area contributed by atoms with Gasteiger partial charge in [-0.2, -0.15) is 0 Å². The summed E-state index contributed by atoms with van der Waals surface area (Å²) in [7, 11) is 0. The van der Waals surface area contributed by atoms with Gasteiger partial charge in [-0.15, -0.1) is 0 Å². The van der Waals surface area contributed by atoms with Crippen molar-refractivity contribution in [1.29, 1.82) is 0 Å². The number of rotatable bonds is 1. The zero-order valence-electron chi connectivity index (χ0n) is 10.6. The van der Waals surface area contributed by atoms with Crippen molar-refractivity contribution >= 4 is 5.88 Å². The Morgan fingerprint density at radius 1 is 1.17 bits per heavy atom. The lowest BCUT2D eigenvalue weighted by Gasteiger charge is -2.20. The van der Waals surface area contributed by atoms with Gasteiger partial charge in [0.25, 0.3) is 0 Å². The van der Waals surface area contributed by atoms with Gasteiger partial charge in [-0.25, -0.2) is 0 Å². The Morgan fingerprint density at radius 2 is 1.83 bits per heavy atom. The number of nitrogens with two attached hydrogens (primary N) is 1. The Bertz CT molecular complexity index is 582. The highest BCUT2D eigenvalue weighted by Gasteiger charge is 2.20.